The van der Waals surface area contributed by atoms with Gasteiger partial charge in [-0.3, -0.25) is 14.5 Å². The summed E-state index contributed by atoms with van der Waals surface area (Å²) >= 11 is 0. The number of carbonyl (C=O) groups is 1. The Labute approximate surface area is 173 Å². The molecule has 8 nitrogen and oxygen atoms in total. The van der Waals surface area contributed by atoms with E-state index in [-0.39, 0.29) is 22.0 Å². The summed E-state index contributed by atoms with van der Waals surface area (Å²) in [5.41, 5.74) is 3.27. The van der Waals surface area contributed by atoms with Crippen LogP contribution in [0.4, 0.5) is 5.69 Å². The molecule has 3 aromatic heterocycles. The molecule has 9 heteroatoms. The van der Waals surface area contributed by atoms with E-state index in [1.54, 1.807) is 37.4 Å². The molecule has 152 valence electrons. The van der Waals surface area contributed by atoms with Crippen LogP contribution in [0, 0.1) is 20.8 Å². The number of anilines is 1. The van der Waals surface area contributed by atoms with E-state index < -0.39 is 15.8 Å². The number of rotatable bonds is 5. The monoisotopic (exact) mass is 421 g/mol. The van der Waals surface area contributed by atoms with Crippen molar-refractivity contribution in [3.05, 3.63) is 77.1 Å². The van der Waals surface area contributed by atoms with Crippen LogP contribution in [0.1, 0.15) is 32.9 Å². The molecule has 0 saturated heterocycles. The van der Waals surface area contributed by atoms with Crippen LogP contribution in [0.15, 0.2) is 53.9 Å². The van der Waals surface area contributed by atoms with Gasteiger partial charge in [-0.25, -0.2) is 18.4 Å². The second-order valence-corrected chi connectivity index (χ2v) is 8.73. The molecule has 3 heterocycles. The van der Waals surface area contributed by atoms with Gasteiger partial charge in [-0.15, -0.1) is 0 Å². The lowest BCUT2D eigenvalue weighted by atomic mass is 10.1. The molecule has 0 amide bonds. The van der Waals surface area contributed by atoms with Gasteiger partial charge in [-0.1, -0.05) is 6.07 Å². The van der Waals surface area contributed by atoms with Crippen molar-refractivity contribution in [1.29, 1.82) is 0 Å². The Balaban J connectivity index is 1.78. The first kappa shape index (κ1) is 19.7. The van der Waals surface area contributed by atoms with Gasteiger partial charge < -0.3 is 4.98 Å². The first-order valence-electron chi connectivity index (χ1n) is 9.16. The van der Waals surface area contributed by atoms with E-state index in [9.17, 15) is 13.2 Å². The molecule has 0 radical (unpaired) electrons. The summed E-state index contributed by atoms with van der Waals surface area (Å²) in [6.07, 6.45) is 4.44. The van der Waals surface area contributed by atoms with E-state index in [2.05, 4.69) is 24.7 Å². The third kappa shape index (κ3) is 3.55. The molecule has 30 heavy (non-hydrogen) atoms. The van der Waals surface area contributed by atoms with Crippen molar-refractivity contribution in [3.63, 3.8) is 0 Å². The van der Waals surface area contributed by atoms with E-state index >= 15 is 0 Å². The molecule has 0 fully saturated rings. The molecule has 0 bridgehead atoms. The van der Waals surface area contributed by atoms with E-state index in [0.29, 0.717) is 16.6 Å². The summed E-state index contributed by atoms with van der Waals surface area (Å²) in [4.78, 5) is 28.6. The van der Waals surface area contributed by atoms with E-state index in [0.717, 1.165) is 11.1 Å². The highest BCUT2D eigenvalue weighted by Gasteiger charge is 2.24. The van der Waals surface area contributed by atoms with Crippen LogP contribution in [-0.2, 0) is 10.0 Å². The predicted octanol–water partition coefficient (Wildman–Crippen LogP) is 3.31. The number of pyridine rings is 1. The number of H-pyrrole nitrogens is 1. The van der Waals surface area contributed by atoms with Crippen LogP contribution in [0.2, 0.25) is 0 Å². The molecular weight excluding hydrogens is 402 g/mol. The highest BCUT2D eigenvalue weighted by molar-refractivity contribution is 7.92. The van der Waals surface area contributed by atoms with Crippen molar-refractivity contribution in [2.45, 2.75) is 25.7 Å². The van der Waals surface area contributed by atoms with Crippen LogP contribution in [0.25, 0.3) is 11.0 Å². The quantitative estimate of drug-likeness (QED) is 0.477. The topological polar surface area (TPSA) is 118 Å². The summed E-state index contributed by atoms with van der Waals surface area (Å²) in [5, 5.41) is 0.535. The molecule has 4 rings (SSSR count). The molecule has 1 aromatic carbocycles. The van der Waals surface area contributed by atoms with E-state index in [1.807, 2.05) is 13.8 Å². The van der Waals surface area contributed by atoms with Crippen molar-refractivity contribution in [2.24, 2.45) is 0 Å². The zero-order valence-corrected chi connectivity index (χ0v) is 17.4. The maximum atomic E-state index is 13.2. The second-order valence-electron chi connectivity index (χ2n) is 7.05. The van der Waals surface area contributed by atoms with Gasteiger partial charge >= 0.3 is 0 Å². The fraction of sp³-hybridized carbons (Fsp3) is 0.143. The van der Waals surface area contributed by atoms with Gasteiger partial charge in [0.2, 0.25) is 5.78 Å². The lowest BCUT2D eigenvalue weighted by Crippen LogP contribution is -2.18. The predicted molar refractivity (Wildman–Crippen MR) is 113 cm³/mol. The summed E-state index contributed by atoms with van der Waals surface area (Å²) in [7, 11) is -3.92. The first-order chi connectivity index (χ1) is 14.3. The van der Waals surface area contributed by atoms with Crippen LogP contribution >= 0.6 is 0 Å². The minimum atomic E-state index is -3.92. The highest BCUT2D eigenvalue weighted by Crippen LogP contribution is 2.25. The fourth-order valence-corrected chi connectivity index (χ4v) is 4.22. The number of hydrogen-bond acceptors (Lipinski definition) is 6. The number of aryl methyl sites for hydroxylation is 3. The van der Waals surface area contributed by atoms with Crippen LogP contribution in [0.5, 0.6) is 0 Å². The Kier molecular flexibility index (Phi) is 4.83. The molecule has 0 saturated carbocycles. The molecule has 2 N–H and O–H groups in total. The number of fused-ring (bicyclic) bond motifs is 1. The number of nitrogens with one attached hydrogen (secondary N) is 2. The van der Waals surface area contributed by atoms with Gasteiger partial charge in [-0.2, -0.15) is 0 Å². The number of aromatic nitrogens is 4. The summed E-state index contributed by atoms with van der Waals surface area (Å²) < 4.78 is 28.5. The Morgan fingerprint density at radius 1 is 0.967 bits per heavy atom. The lowest BCUT2D eigenvalue weighted by Gasteiger charge is -2.13. The normalized spacial score (nSPS) is 11.6. The molecule has 0 aliphatic rings. The Morgan fingerprint density at radius 2 is 1.77 bits per heavy atom. The molecule has 0 aliphatic heterocycles. The minimum Gasteiger partial charge on any atom is -0.346 e. The smallest absolute Gasteiger partial charge is 0.261 e. The van der Waals surface area contributed by atoms with Crippen molar-refractivity contribution in [3.8, 4) is 0 Å². The van der Waals surface area contributed by atoms with Crippen molar-refractivity contribution >= 4 is 32.5 Å². The van der Waals surface area contributed by atoms with Crippen LogP contribution in [-0.4, -0.2) is 34.1 Å². The summed E-state index contributed by atoms with van der Waals surface area (Å²) in [6, 6.07) is 8.14. The standard InChI is InChI=1S/C21H19N5O3S/c1-12-8-17(26-30(28,29)15-5-4-13(2)14(3)9-15)19(23-10-12)20(27)18-16-6-7-22-21(16)25-11-24-18/h4-11,26H,1-3H3,(H,22,24,25). The Morgan fingerprint density at radius 3 is 2.53 bits per heavy atom. The third-order valence-electron chi connectivity index (χ3n) is 4.84. The minimum absolute atomic E-state index is 0.0331. The summed E-state index contributed by atoms with van der Waals surface area (Å²) in [6.45, 7) is 5.52. The lowest BCUT2D eigenvalue weighted by molar-refractivity contribution is 0.103. The molecular formula is C21H19N5O3S. The fourth-order valence-electron chi connectivity index (χ4n) is 3.08. The average Bonchev–Trinajstić information content (AvgIpc) is 3.18. The van der Waals surface area contributed by atoms with Gasteiger partial charge in [0, 0.05) is 17.8 Å². The molecule has 0 spiro atoms. The van der Waals surface area contributed by atoms with Gasteiger partial charge in [0.25, 0.3) is 10.0 Å². The zero-order chi connectivity index (χ0) is 21.5. The van der Waals surface area contributed by atoms with Gasteiger partial charge in [0.15, 0.2) is 0 Å². The number of carbonyl (C=O) groups excluding carboxylic acids is 1. The first-order valence-corrected chi connectivity index (χ1v) is 10.6. The maximum absolute atomic E-state index is 13.2. The van der Waals surface area contributed by atoms with Crippen LogP contribution in [0.3, 0.4) is 0 Å². The number of hydrogen-bond donors (Lipinski definition) is 2. The molecule has 4 aromatic rings. The molecule has 0 atom stereocenters. The maximum Gasteiger partial charge on any atom is 0.261 e. The number of aromatic amines is 1. The van der Waals surface area contributed by atoms with E-state index in [1.165, 1.54) is 18.6 Å². The SMILES string of the molecule is Cc1cnc(C(=O)c2ncnc3[nH]ccc23)c(NS(=O)(=O)c2ccc(C)c(C)c2)c1. The number of benzene rings is 1. The second kappa shape index (κ2) is 7.34. The molecule has 0 aliphatic carbocycles. The zero-order valence-electron chi connectivity index (χ0n) is 16.6. The number of sulfonamides is 1. The van der Waals surface area contributed by atoms with Crippen molar-refractivity contribution < 1.29 is 13.2 Å². The Bertz CT molecular complexity index is 1390. The molecule has 0 unspecified atom stereocenters. The van der Waals surface area contributed by atoms with Gasteiger partial charge in [-0.05, 0) is 61.7 Å². The van der Waals surface area contributed by atoms with Gasteiger partial charge in [0.05, 0.1) is 10.6 Å². The number of nitrogens with zero attached hydrogens (tertiary/aromatic N) is 3. The Hall–Kier alpha value is -3.59. The largest absolute Gasteiger partial charge is 0.346 e. The average molecular weight is 421 g/mol. The van der Waals surface area contributed by atoms with Crippen LogP contribution < -0.4 is 4.72 Å². The van der Waals surface area contributed by atoms with Crippen molar-refractivity contribution in [2.75, 3.05) is 4.72 Å². The number of ketones is 1. The van der Waals surface area contributed by atoms with Gasteiger partial charge in [0.1, 0.15) is 23.4 Å². The third-order valence-corrected chi connectivity index (χ3v) is 6.20. The van der Waals surface area contributed by atoms with E-state index in [4.69, 9.17) is 0 Å². The van der Waals surface area contributed by atoms with Crippen molar-refractivity contribution in [1.82, 2.24) is 19.9 Å². The highest BCUT2D eigenvalue weighted by atomic mass is 32.2. The summed E-state index contributed by atoms with van der Waals surface area (Å²) in [5.74, 6) is -0.500.